The van der Waals surface area contributed by atoms with Crippen LogP contribution in [0.5, 0.6) is 0 Å². The number of nitrogens with zero attached hydrogens (tertiary/aromatic N) is 3. The highest BCUT2D eigenvalue weighted by molar-refractivity contribution is 5.81. The molecule has 0 aliphatic carbocycles. The van der Waals surface area contributed by atoms with Crippen LogP contribution in [-0.2, 0) is 16.1 Å². The highest BCUT2D eigenvalue weighted by Gasteiger charge is 2.22. The maximum absolute atomic E-state index is 12.9. The van der Waals surface area contributed by atoms with E-state index in [-0.39, 0.29) is 24.4 Å². The second-order valence-electron chi connectivity index (χ2n) is 6.98. The molecule has 1 aliphatic heterocycles. The van der Waals surface area contributed by atoms with Crippen molar-refractivity contribution in [1.82, 2.24) is 19.8 Å². The van der Waals surface area contributed by atoms with Crippen molar-refractivity contribution in [2.24, 2.45) is 0 Å². The number of carbonyl (C=O) groups excluding carboxylic acids is 2. The van der Waals surface area contributed by atoms with Crippen molar-refractivity contribution in [2.75, 3.05) is 13.1 Å². The zero-order chi connectivity index (χ0) is 18.5. The molecular weight excluding hydrogens is 328 g/mol. The maximum Gasteiger partial charge on any atom is 0.242 e. The second-order valence-corrected chi connectivity index (χ2v) is 6.98. The van der Waals surface area contributed by atoms with Crippen molar-refractivity contribution in [2.45, 2.75) is 58.5 Å². The van der Waals surface area contributed by atoms with Crippen LogP contribution in [0.3, 0.4) is 0 Å². The van der Waals surface area contributed by atoms with Crippen LogP contribution in [-0.4, -0.2) is 39.4 Å². The number of nitrogens with one attached hydrogen (secondary N) is 1. The minimum Gasteiger partial charge on any atom is -0.346 e. The Morgan fingerprint density at radius 3 is 2.54 bits per heavy atom. The summed E-state index contributed by atoms with van der Waals surface area (Å²) < 4.78 is 1.96. The van der Waals surface area contributed by atoms with Crippen molar-refractivity contribution < 1.29 is 9.59 Å². The van der Waals surface area contributed by atoms with Crippen molar-refractivity contribution in [3.05, 3.63) is 30.1 Å². The maximum atomic E-state index is 12.9. The van der Waals surface area contributed by atoms with Gasteiger partial charge in [0.15, 0.2) is 0 Å². The van der Waals surface area contributed by atoms with Crippen molar-refractivity contribution >= 4 is 22.8 Å². The lowest BCUT2D eigenvalue weighted by molar-refractivity contribution is -0.131. The molecule has 1 atom stereocenters. The number of imidazole rings is 1. The third-order valence-corrected chi connectivity index (χ3v) is 5.02. The Bertz CT molecular complexity index is 775. The van der Waals surface area contributed by atoms with Gasteiger partial charge in [0.05, 0.1) is 17.1 Å². The predicted octanol–water partition coefficient (Wildman–Crippen LogP) is 3.03. The number of likely N-dealkylation sites (tertiary alicyclic amines) is 1. The molecule has 1 fully saturated rings. The van der Waals surface area contributed by atoms with E-state index in [1.807, 2.05) is 47.6 Å². The Hall–Kier alpha value is -2.37. The first-order valence-electron chi connectivity index (χ1n) is 9.62. The van der Waals surface area contributed by atoms with Crippen LogP contribution in [0, 0.1) is 0 Å². The van der Waals surface area contributed by atoms with Crippen molar-refractivity contribution in [1.29, 1.82) is 0 Å². The van der Waals surface area contributed by atoms with Gasteiger partial charge in [0, 0.05) is 19.5 Å². The van der Waals surface area contributed by atoms with Crippen LogP contribution >= 0.6 is 0 Å². The topological polar surface area (TPSA) is 67.2 Å². The number of aromatic nitrogens is 2. The summed E-state index contributed by atoms with van der Waals surface area (Å²) in [6, 6.07) is 7.58. The predicted molar refractivity (Wildman–Crippen MR) is 102 cm³/mol. The van der Waals surface area contributed by atoms with E-state index < -0.39 is 0 Å². The number of hydrogen-bond donors (Lipinski definition) is 1. The molecule has 1 unspecified atom stereocenters. The fourth-order valence-corrected chi connectivity index (χ4v) is 3.55. The number of fused-ring (bicyclic) bond motifs is 1. The van der Waals surface area contributed by atoms with Gasteiger partial charge in [0.1, 0.15) is 12.4 Å². The van der Waals surface area contributed by atoms with Crippen LogP contribution < -0.4 is 5.32 Å². The number of carbonyl (C=O) groups is 2. The van der Waals surface area contributed by atoms with Crippen LogP contribution in [0.1, 0.15) is 57.8 Å². The highest BCUT2D eigenvalue weighted by Crippen LogP contribution is 2.21. The van der Waals surface area contributed by atoms with Gasteiger partial charge in [-0.1, -0.05) is 31.9 Å². The number of para-hydroxylation sites is 2. The van der Waals surface area contributed by atoms with E-state index in [1.165, 1.54) is 12.8 Å². The van der Waals surface area contributed by atoms with Gasteiger partial charge >= 0.3 is 0 Å². The first kappa shape index (κ1) is 18.4. The second kappa shape index (κ2) is 8.34. The Balaban J connectivity index is 1.88. The highest BCUT2D eigenvalue weighted by atomic mass is 16.2. The first-order chi connectivity index (χ1) is 12.6. The molecule has 0 bridgehead atoms. The van der Waals surface area contributed by atoms with E-state index in [2.05, 4.69) is 5.32 Å². The van der Waals surface area contributed by atoms with Gasteiger partial charge < -0.3 is 14.8 Å². The average molecular weight is 356 g/mol. The molecule has 6 heteroatoms. The lowest BCUT2D eigenvalue weighted by Gasteiger charge is -2.22. The summed E-state index contributed by atoms with van der Waals surface area (Å²) in [7, 11) is 0. The molecule has 6 nitrogen and oxygen atoms in total. The zero-order valence-electron chi connectivity index (χ0n) is 15.7. The summed E-state index contributed by atoms with van der Waals surface area (Å²) in [5.41, 5.74) is 1.78. The van der Waals surface area contributed by atoms with Gasteiger partial charge in [0.2, 0.25) is 11.8 Å². The van der Waals surface area contributed by atoms with Gasteiger partial charge in [-0.25, -0.2) is 4.98 Å². The Labute approximate surface area is 154 Å². The quantitative estimate of drug-likeness (QED) is 0.895. The molecule has 1 aromatic heterocycles. The molecule has 1 saturated heterocycles. The number of amides is 2. The molecule has 1 aromatic carbocycles. The fraction of sp³-hybridized carbons (Fsp3) is 0.550. The summed E-state index contributed by atoms with van der Waals surface area (Å²) in [4.78, 5) is 31.4. The van der Waals surface area contributed by atoms with E-state index in [9.17, 15) is 9.59 Å². The molecule has 2 amide bonds. The number of hydrogen-bond acceptors (Lipinski definition) is 3. The molecule has 2 aromatic rings. The Morgan fingerprint density at radius 1 is 1.15 bits per heavy atom. The van der Waals surface area contributed by atoms with Gasteiger partial charge in [-0.15, -0.1) is 0 Å². The van der Waals surface area contributed by atoms with Gasteiger partial charge in [-0.05, 0) is 31.9 Å². The molecule has 1 N–H and O–H groups in total. The molecule has 0 saturated carbocycles. The minimum absolute atomic E-state index is 0.0186. The smallest absolute Gasteiger partial charge is 0.242 e. The SMILES string of the molecule is CCC(=O)NC(C)c1nc2ccccc2n1CC(=O)N1CCCCCC1. The summed E-state index contributed by atoms with van der Waals surface area (Å²) in [6.45, 7) is 5.68. The summed E-state index contributed by atoms with van der Waals surface area (Å²) in [5.74, 6) is 0.844. The van der Waals surface area contributed by atoms with Crippen molar-refractivity contribution in [3.8, 4) is 0 Å². The fourth-order valence-electron chi connectivity index (χ4n) is 3.55. The van der Waals surface area contributed by atoms with Crippen LogP contribution in [0.15, 0.2) is 24.3 Å². The normalized spacial score (nSPS) is 16.3. The number of benzene rings is 1. The van der Waals surface area contributed by atoms with Crippen LogP contribution in [0.4, 0.5) is 0 Å². The van der Waals surface area contributed by atoms with Gasteiger partial charge in [-0.3, -0.25) is 9.59 Å². The van der Waals surface area contributed by atoms with Crippen LogP contribution in [0.2, 0.25) is 0 Å². The lowest BCUT2D eigenvalue weighted by atomic mass is 10.2. The van der Waals surface area contributed by atoms with Gasteiger partial charge in [0.25, 0.3) is 0 Å². The zero-order valence-corrected chi connectivity index (χ0v) is 15.7. The molecule has 2 heterocycles. The summed E-state index contributed by atoms with van der Waals surface area (Å²) in [6.07, 6.45) is 4.97. The first-order valence-corrected chi connectivity index (χ1v) is 9.62. The molecule has 0 radical (unpaired) electrons. The Kier molecular flexibility index (Phi) is 5.91. The molecule has 1 aliphatic rings. The van der Waals surface area contributed by atoms with E-state index in [0.29, 0.717) is 6.42 Å². The third-order valence-electron chi connectivity index (χ3n) is 5.02. The summed E-state index contributed by atoms with van der Waals surface area (Å²) in [5, 5.41) is 2.96. The average Bonchev–Trinajstić information content (AvgIpc) is 2.82. The molecule has 3 rings (SSSR count). The molecule has 140 valence electrons. The third kappa shape index (κ3) is 4.06. The van der Waals surface area contributed by atoms with E-state index in [1.54, 1.807) is 0 Å². The van der Waals surface area contributed by atoms with Gasteiger partial charge in [-0.2, -0.15) is 0 Å². The van der Waals surface area contributed by atoms with Crippen LogP contribution in [0.25, 0.3) is 11.0 Å². The standard InChI is InChI=1S/C20H28N4O2/c1-3-18(25)21-15(2)20-22-16-10-6-7-11-17(16)24(20)14-19(26)23-12-8-4-5-9-13-23/h6-7,10-11,15H,3-5,8-9,12-14H2,1-2H3,(H,21,25). The lowest BCUT2D eigenvalue weighted by Crippen LogP contribution is -2.35. The molecule has 0 spiro atoms. The monoisotopic (exact) mass is 356 g/mol. The van der Waals surface area contributed by atoms with E-state index in [4.69, 9.17) is 4.98 Å². The Morgan fingerprint density at radius 2 is 1.85 bits per heavy atom. The largest absolute Gasteiger partial charge is 0.346 e. The minimum atomic E-state index is -0.244. The van der Waals surface area contributed by atoms with Crippen molar-refractivity contribution in [3.63, 3.8) is 0 Å². The molecular formula is C20H28N4O2. The number of rotatable bonds is 5. The van der Waals surface area contributed by atoms with E-state index in [0.717, 1.165) is 42.8 Å². The molecule has 26 heavy (non-hydrogen) atoms. The van der Waals surface area contributed by atoms with E-state index >= 15 is 0 Å². The summed E-state index contributed by atoms with van der Waals surface area (Å²) >= 11 is 0.